The standard InChI is InChI=1S/C18H17FN4O2/c1-12-15(10-22-23(12)13-6-8-20-9-7-13)18(25)21-11-17(24)14-4-2-3-5-16(14)19/h2-10,17,24H,11H2,1H3,(H,21,25). The number of aliphatic hydroxyl groups excluding tert-OH is 1. The summed E-state index contributed by atoms with van der Waals surface area (Å²) in [4.78, 5) is 16.3. The first-order valence-corrected chi connectivity index (χ1v) is 7.73. The Bertz CT molecular complexity index is 880. The molecule has 0 saturated heterocycles. The maximum Gasteiger partial charge on any atom is 0.254 e. The van der Waals surface area contributed by atoms with Gasteiger partial charge in [-0.05, 0) is 25.1 Å². The number of carbonyl (C=O) groups is 1. The van der Waals surface area contributed by atoms with Crippen LogP contribution in [0.15, 0.2) is 55.0 Å². The maximum atomic E-state index is 13.7. The second-order valence-corrected chi connectivity index (χ2v) is 5.51. The van der Waals surface area contributed by atoms with Crippen LogP contribution in [0.2, 0.25) is 0 Å². The largest absolute Gasteiger partial charge is 0.386 e. The van der Waals surface area contributed by atoms with Crippen molar-refractivity contribution in [3.05, 3.63) is 77.6 Å². The van der Waals surface area contributed by atoms with Gasteiger partial charge in [0, 0.05) is 24.5 Å². The molecule has 1 amide bonds. The summed E-state index contributed by atoms with van der Waals surface area (Å²) >= 11 is 0. The Morgan fingerprint density at radius 3 is 2.72 bits per heavy atom. The fraction of sp³-hybridized carbons (Fsp3) is 0.167. The number of nitrogens with one attached hydrogen (secondary N) is 1. The van der Waals surface area contributed by atoms with Gasteiger partial charge < -0.3 is 10.4 Å². The number of halogens is 1. The summed E-state index contributed by atoms with van der Waals surface area (Å²) in [5, 5.41) is 16.9. The molecule has 2 aromatic heterocycles. The number of rotatable bonds is 5. The van der Waals surface area contributed by atoms with Crippen LogP contribution in [0.1, 0.15) is 27.7 Å². The van der Waals surface area contributed by atoms with Gasteiger partial charge in [0.1, 0.15) is 5.82 Å². The van der Waals surface area contributed by atoms with E-state index in [4.69, 9.17) is 0 Å². The summed E-state index contributed by atoms with van der Waals surface area (Å²) in [5.74, 6) is -0.890. The zero-order valence-electron chi connectivity index (χ0n) is 13.6. The molecule has 0 radical (unpaired) electrons. The molecule has 0 bridgehead atoms. The first-order chi connectivity index (χ1) is 12.1. The van der Waals surface area contributed by atoms with Gasteiger partial charge in [0.2, 0.25) is 0 Å². The Morgan fingerprint density at radius 1 is 1.28 bits per heavy atom. The third kappa shape index (κ3) is 3.56. The first kappa shape index (κ1) is 16.8. The van der Waals surface area contributed by atoms with Gasteiger partial charge in [-0.1, -0.05) is 18.2 Å². The van der Waals surface area contributed by atoms with Crippen LogP contribution >= 0.6 is 0 Å². The van der Waals surface area contributed by atoms with E-state index in [2.05, 4.69) is 15.4 Å². The summed E-state index contributed by atoms with van der Waals surface area (Å²) in [6.45, 7) is 1.68. The van der Waals surface area contributed by atoms with Gasteiger partial charge in [-0.3, -0.25) is 9.78 Å². The Hall–Kier alpha value is -3.06. The van der Waals surface area contributed by atoms with Crippen molar-refractivity contribution in [2.75, 3.05) is 6.54 Å². The zero-order valence-corrected chi connectivity index (χ0v) is 13.6. The van der Waals surface area contributed by atoms with Gasteiger partial charge in [0.25, 0.3) is 5.91 Å². The molecule has 2 heterocycles. The smallest absolute Gasteiger partial charge is 0.254 e. The summed E-state index contributed by atoms with van der Waals surface area (Å²) in [5.41, 5.74) is 1.98. The Kier molecular flexibility index (Phi) is 4.85. The molecule has 2 N–H and O–H groups in total. The topological polar surface area (TPSA) is 80.0 Å². The van der Waals surface area contributed by atoms with Crippen LogP contribution in [0.3, 0.4) is 0 Å². The highest BCUT2D eigenvalue weighted by Gasteiger charge is 2.18. The Balaban J connectivity index is 1.70. The Labute approximate surface area is 144 Å². The first-order valence-electron chi connectivity index (χ1n) is 7.73. The number of carbonyl (C=O) groups excluding carboxylic acids is 1. The third-order valence-corrected chi connectivity index (χ3v) is 3.88. The van der Waals surface area contributed by atoms with Crippen LogP contribution in [0.4, 0.5) is 4.39 Å². The summed E-state index contributed by atoms with van der Waals surface area (Å²) in [6.07, 6.45) is 3.61. The lowest BCUT2D eigenvalue weighted by Crippen LogP contribution is -2.29. The van der Waals surface area contributed by atoms with Crippen LogP contribution in [-0.2, 0) is 0 Å². The van der Waals surface area contributed by atoms with Crippen molar-refractivity contribution < 1.29 is 14.3 Å². The number of aromatic nitrogens is 3. The second-order valence-electron chi connectivity index (χ2n) is 5.51. The average Bonchev–Trinajstić information content (AvgIpc) is 3.02. The van der Waals surface area contributed by atoms with Crippen molar-refractivity contribution >= 4 is 5.91 Å². The van der Waals surface area contributed by atoms with E-state index >= 15 is 0 Å². The van der Waals surface area contributed by atoms with Crippen LogP contribution in [-0.4, -0.2) is 32.3 Å². The minimum Gasteiger partial charge on any atom is -0.386 e. The van der Waals surface area contributed by atoms with Gasteiger partial charge in [0.05, 0.1) is 29.2 Å². The molecule has 1 aromatic carbocycles. The minimum absolute atomic E-state index is 0.0976. The molecular formula is C18H17FN4O2. The Morgan fingerprint density at radius 2 is 2.00 bits per heavy atom. The van der Waals surface area contributed by atoms with Crippen molar-refractivity contribution in [1.29, 1.82) is 0 Å². The fourth-order valence-electron chi connectivity index (χ4n) is 2.52. The van der Waals surface area contributed by atoms with Crippen molar-refractivity contribution in [3.8, 4) is 5.69 Å². The lowest BCUT2D eigenvalue weighted by atomic mass is 10.1. The normalized spacial score (nSPS) is 12.0. The molecule has 0 fully saturated rings. The number of amides is 1. The molecule has 7 heteroatoms. The van der Waals surface area contributed by atoms with E-state index < -0.39 is 11.9 Å². The van der Waals surface area contributed by atoms with Crippen LogP contribution < -0.4 is 5.32 Å². The van der Waals surface area contributed by atoms with Crippen LogP contribution in [0, 0.1) is 12.7 Å². The predicted molar refractivity (Wildman–Crippen MR) is 89.8 cm³/mol. The lowest BCUT2D eigenvalue weighted by Gasteiger charge is -2.13. The quantitative estimate of drug-likeness (QED) is 0.746. The molecule has 0 aliphatic rings. The number of nitrogens with zero attached hydrogens (tertiary/aromatic N) is 3. The van der Waals surface area contributed by atoms with E-state index in [-0.39, 0.29) is 18.0 Å². The maximum absolute atomic E-state index is 13.7. The molecule has 3 aromatic rings. The highest BCUT2D eigenvalue weighted by atomic mass is 19.1. The number of hydrogen-bond donors (Lipinski definition) is 2. The van der Waals surface area contributed by atoms with Gasteiger partial charge in [-0.15, -0.1) is 0 Å². The molecule has 25 heavy (non-hydrogen) atoms. The van der Waals surface area contributed by atoms with Crippen LogP contribution in [0.5, 0.6) is 0 Å². The summed E-state index contributed by atoms with van der Waals surface area (Å²) in [6, 6.07) is 9.49. The lowest BCUT2D eigenvalue weighted by molar-refractivity contribution is 0.0913. The van der Waals surface area contributed by atoms with E-state index in [1.165, 1.54) is 18.3 Å². The second kappa shape index (κ2) is 7.23. The van der Waals surface area contributed by atoms with Gasteiger partial charge >= 0.3 is 0 Å². The molecule has 0 aliphatic heterocycles. The molecule has 3 rings (SSSR count). The predicted octanol–water partition coefficient (Wildman–Crippen LogP) is 2.18. The monoisotopic (exact) mass is 340 g/mol. The fourth-order valence-corrected chi connectivity index (χ4v) is 2.52. The van der Waals surface area contributed by atoms with E-state index in [0.29, 0.717) is 11.3 Å². The van der Waals surface area contributed by atoms with Crippen molar-refractivity contribution in [1.82, 2.24) is 20.1 Å². The third-order valence-electron chi connectivity index (χ3n) is 3.88. The molecule has 0 spiro atoms. The van der Waals surface area contributed by atoms with Crippen molar-refractivity contribution in [2.24, 2.45) is 0 Å². The number of aliphatic hydroxyl groups is 1. The van der Waals surface area contributed by atoms with E-state index in [1.807, 2.05) is 0 Å². The average molecular weight is 340 g/mol. The summed E-state index contributed by atoms with van der Waals surface area (Å²) < 4.78 is 15.3. The minimum atomic E-state index is -1.12. The molecule has 1 atom stereocenters. The van der Waals surface area contributed by atoms with E-state index in [9.17, 15) is 14.3 Å². The molecule has 1 unspecified atom stereocenters. The van der Waals surface area contributed by atoms with E-state index in [0.717, 1.165) is 5.69 Å². The number of pyridine rings is 1. The van der Waals surface area contributed by atoms with Gasteiger partial charge in [-0.2, -0.15) is 5.10 Å². The number of hydrogen-bond acceptors (Lipinski definition) is 4. The molecule has 0 aliphatic carbocycles. The zero-order chi connectivity index (χ0) is 17.8. The highest BCUT2D eigenvalue weighted by Crippen LogP contribution is 2.17. The van der Waals surface area contributed by atoms with Crippen molar-refractivity contribution in [3.63, 3.8) is 0 Å². The van der Waals surface area contributed by atoms with Gasteiger partial charge in [0.15, 0.2) is 0 Å². The van der Waals surface area contributed by atoms with Gasteiger partial charge in [-0.25, -0.2) is 9.07 Å². The molecule has 0 saturated carbocycles. The summed E-state index contributed by atoms with van der Waals surface area (Å²) in [7, 11) is 0. The molecule has 128 valence electrons. The highest BCUT2D eigenvalue weighted by molar-refractivity contribution is 5.95. The SMILES string of the molecule is Cc1c(C(=O)NCC(O)c2ccccc2F)cnn1-c1ccncc1. The van der Waals surface area contributed by atoms with Crippen molar-refractivity contribution in [2.45, 2.75) is 13.0 Å². The molecular weight excluding hydrogens is 323 g/mol. The number of benzene rings is 1. The molecule has 6 nitrogen and oxygen atoms in total. The van der Waals surface area contributed by atoms with E-state index in [1.54, 1.807) is 48.3 Å². The van der Waals surface area contributed by atoms with Crippen LogP contribution in [0.25, 0.3) is 5.69 Å².